The number of carboxylic acid groups (broad SMARTS) is 1. The van der Waals surface area contributed by atoms with Crippen molar-refractivity contribution >= 4 is 5.97 Å². The third-order valence-corrected chi connectivity index (χ3v) is 4.91. The van der Waals surface area contributed by atoms with Crippen LogP contribution in [0.3, 0.4) is 0 Å². The molecule has 0 saturated carbocycles. The summed E-state index contributed by atoms with van der Waals surface area (Å²) in [4.78, 5) is 10.5. The van der Waals surface area contributed by atoms with Crippen LogP contribution in [0.5, 0.6) is 5.75 Å². The molecule has 31 heavy (non-hydrogen) atoms. The van der Waals surface area contributed by atoms with Gasteiger partial charge in [-0.2, -0.15) is 0 Å². The number of hydrogen-bond donors (Lipinski definition) is 1. The van der Waals surface area contributed by atoms with Gasteiger partial charge in [-0.1, -0.05) is 50.2 Å². The monoisotopic (exact) mass is 416 g/mol. The number of hydrogen-bond acceptors (Lipinski definition) is 2. The summed E-state index contributed by atoms with van der Waals surface area (Å²) < 4.78 is 5.67. The molecule has 162 valence electrons. The Morgan fingerprint density at radius 1 is 0.806 bits per heavy atom. The van der Waals surface area contributed by atoms with Crippen molar-refractivity contribution in [1.82, 2.24) is 0 Å². The predicted octanol–water partition coefficient (Wildman–Crippen LogP) is 6.24. The fourth-order valence-electron chi connectivity index (χ4n) is 3.10. The molecule has 0 aliphatic heterocycles. The lowest BCUT2D eigenvalue weighted by Crippen LogP contribution is -1.99. The molecular formula is C28H32O3. The number of aliphatic carboxylic acids is 1. The first-order valence-corrected chi connectivity index (χ1v) is 11.2. The fourth-order valence-corrected chi connectivity index (χ4v) is 3.10. The first-order valence-electron chi connectivity index (χ1n) is 11.2. The molecule has 0 unspecified atom stereocenters. The van der Waals surface area contributed by atoms with E-state index in [2.05, 4.69) is 54.9 Å². The molecule has 0 amide bonds. The van der Waals surface area contributed by atoms with Gasteiger partial charge >= 0.3 is 5.97 Å². The van der Waals surface area contributed by atoms with E-state index >= 15 is 0 Å². The predicted molar refractivity (Wildman–Crippen MR) is 126 cm³/mol. The van der Waals surface area contributed by atoms with Crippen LogP contribution in [0.4, 0.5) is 0 Å². The molecule has 2 aromatic rings. The van der Waals surface area contributed by atoms with E-state index < -0.39 is 5.97 Å². The van der Waals surface area contributed by atoms with Gasteiger partial charge < -0.3 is 9.84 Å². The Labute approximate surface area is 186 Å². The smallest absolute Gasteiger partial charge is 0.303 e. The van der Waals surface area contributed by atoms with Gasteiger partial charge in [0.1, 0.15) is 5.75 Å². The SMILES string of the molecule is CCCCCCc1ccc(C#CC#Cc2ccc(OCCCCCC(=O)O)cc2)cc1. The Balaban J connectivity index is 1.73. The summed E-state index contributed by atoms with van der Waals surface area (Å²) in [6.07, 6.45) is 8.89. The van der Waals surface area contributed by atoms with E-state index in [1.807, 2.05) is 24.3 Å². The van der Waals surface area contributed by atoms with Crippen molar-refractivity contribution in [2.45, 2.75) is 64.7 Å². The second-order valence-electron chi connectivity index (χ2n) is 7.58. The Kier molecular flexibility index (Phi) is 11.5. The molecule has 3 nitrogen and oxygen atoms in total. The van der Waals surface area contributed by atoms with Crippen LogP contribution >= 0.6 is 0 Å². The highest BCUT2D eigenvalue weighted by Crippen LogP contribution is 2.13. The minimum Gasteiger partial charge on any atom is -0.494 e. The minimum absolute atomic E-state index is 0.223. The summed E-state index contributed by atoms with van der Waals surface area (Å²) in [5.74, 6) is 12.0. The van der Waals surface area contributed by atoms with Crippen molar-refractivity contribution in [3.05, 3.63) is 65.2 Å². The van der Waals surface area contributed by atoms with E-state index in [4.69, 9.17) is 9.84 Å². The molecule has 3 heteroatoms. The Hall–Kier alpha value is -3.17. The van der Waals surface area contributed by atoms with E-state index in [1.54, 1.807) is 0 Å². The van der Waals surface area contributed by atoms with Gasteiger partial charge in [0.05, 0.1) is 6.61 Å². The third-order valence-electron chi connectivity index (χ3n) is 4.91. The van der Waals surface area contributed by atoms with Crippen LogP contribution in [0, 0.1) is 23.7 Å². The second kappa shape index (κ2) is 14.8. The zero-order valence-corrected chi connectivity index (χ0v) is 18.5. The highest BCUT2D eigenvalue weighted by molar-refractivity contribution is 5.66. The lowest BCUT2D eigenvalue weighted by molar-refractivity contribution is -0.137. The number of ether oxygens (including phenoxy) is 1. The van der Waals surface area contributed by atoms with Crippen LogP contribution in [0.2, 0.25) is 0 Å². The lowest BCUT2D eigenvalue weighted by atomic mass is 10.0. The number of carboxylic acids is 1. The topological polar surface area (TPSA) is 46.5 Å². The van der Waals surface area contributed by atoms with Crippen molar-refractivity contribution in [2.24, 2.45) is 0 Å². The molecule has 0 aliphatic carbocycles. The summed E-state index contributed by atoms with van der Waals surface area (Å²) in [5, 5.41) is 8.61. The molecule has 0 aliphatic rings. The van der Waals surface area contributed by atoms with Crippen molar-refractivity contribution in [3.8, 4) is 29.4 Å². The summed E-state index contributed by atoms with van der Waals surface area (Å²) >= 11 is 0. The second-order valence-corrected chi connectivity index (χ2v) is 7.58. The van der Waals surface area contributed by atoms with Crippen LogP contribution < -0.4 is 4.74 Å². The number of unbranched alkanes of at least 4 members (excludes halogenated alkanes) is 5. The molecular weight excluding hydrogens is 384 g/mol. The lowest BCUT2D eigenvalue weighted by Gasteiger charge is -2.05. The van der Waals surface area contributed by atoms with Crippen LogP contribution in [0.25, 0.3) is 0 Å². The third kappa shape index (κ3) is 11.0. The minimum atomic E-state index is -0.742. The van der Waals surface area contributed by atoms with E-state index in [-0.39, 0.29) is 6.42 Å². The molecule has 2 aromatic carbocycles. The van der Waals surface area contributed by atoms with Crippen molar-refractivity contribution < 1.29 is 14.6 Å². The van der Waals surface area contributed by atoms with Crippen LogP contribution in [-0.4, -0.2) is 17.7 Å². The van der Waals surface area contributed by atoms with Crippen molar-refractivity contribution in [3.63, 3.8) is 0 Å². The summed E-state index contributed by atoms with van der Waals surface area (Å²) in [6.45, 7) is 2.82. The zero-order valence-electron chi connectivity index (χ0n) is 18.5. The summed E-state index contributed by atoms with van der Waals surface area (Å²) in [6, 6.07) is 16.1. The highest BCUT2D eigenvalue weighted by atomic mass is 16.5. The van der Waals surface area contributed by atoms with Gasteiger partial charge in [-0.05, 0) is 85.9 Å². The standard InChI is InChI=1S/C28H32O3/c1-2-3-4-6-11-24-15-17-25(18-16-24)12-8-9-13-26-19-21-27(22-20-26)31-23-10-5-7-14-28(29)30/h15-22H,2-7,10-11,14,23H2,1H3,(H,29,30). The first-order chi connectivity index (χ1) is 15.2. The molecule has 0 aromatic heterocycles. The Bertz CT molecular complexity index is 903. The van der Waals surface area contributed by atoms with E-state index in [1.165, 1.54) is 31.2 Å². The largest absolute Gasteiger partial charge is 0.494 e. The zero-order chi connectivity index (χ0) is 22.2. The maximum Gasteiger partial charge on any atom is 0.303 e. The van der Waals surface area contributed by atoms with Gasteiger partial charge in [0.2, 0.25) is 0 Å². The maximum atomic E-state index is 10.5. The average molecular weight is 417 g/mol. The first kappa shape index (κ1) is 24.1. The maximum absolute atomic E-state index is 10.5. The molecule has 0 spiro atoms. The normalized spacial score (nSPS) is 9.84. The Morgan fingerprint density at radius 2 is 1.42 bits per heavy atom. The molecule has 1 N–H and O–H groups in total. The van der Waals surface area contributed by atoms with Gasteiger partial charge in [0, 0.05) is 17.5 Å². The molecule has 2 rings (SSSR count). The molecule has 0 bridgehead atoms. The molecule has 0 atom stereocenters. The van der Waals surface area contributed by atoms with Gasteiger partial charge in [-0.25, -0.2) is 0 Å². The van der Waals surface area contributed by atoms with Gasteiger partial charge in [-0.15, -0.1) is 0 Å². The molecule has 0 fully saturated rings. The Morgan fingerprint density at radius 3 is 2.03 bits per heavy atom. The molecule has 0 heterocycles. The van der Waals surface area contributed by atoms with Crippen LogP contribution in [0.1, 0.15) is 75.0 Å². The highest BCUT2D eigenvalue weighted by Gasteiger charge is 1.98. The number of rotatable bonds is 12. The average Bonchev–Trinajstić information content (AvgIpc) is 2.78. The van der Waals surface area contributed by atoms with Crippen LogP contribution in [-0.2, 0) is 11.2 Å². The van der Waals surface area contributed by atoms with Gasteiger partial charge in [-0.3, -0.25) is 4.79 Å². The number of aryl methyl sites for hydroxylation is 1. The fraction of sp³-hybridized carbons (Fsp3) is 0.393. The van der Waals surface area contributed by atoms with E-state index in [9.17, 15) is 4.79 Å². The van der Waals surface area contributed by atoms with Crippen molar-refractivity contribution in [1.29, 1.82) is 0 Å². The molecule has 0 radical (unpaired) electrons. The van der Waals surface area contributed by atoms with Crippen molar-refractivity contribution in [2.75, 3.05) is 6.61 Å². The van der Waals surface area contributed by atoms with E-state index in [0.717, 1.165) is 36.1 Å². The van der Waals surface area contributed by atoms with Gasteiger partial charge in [0.25, 0.3) is 0 Å². The van der Waals surface area contributed by atoms with E-state index in [0.29, 0.717) is 13.0 Å². The number of carbonyl (C=O) groups is 1. The number of benzene rings is 2. The summed E-state index contributed by atoms with van der Waals surface area (Å²) in [7, 11) is 0. The molecule has 0 saturated heterocycles. The summed E-state index contributed by atoms with van der Waals surface area (Å²) in [5.41, 5.74) is 3.25. The quantitative estimate of drug-likeness (QED) is 0.329. The van der Waals surface area contributed by atoms with Crippen LogP contribution in [0.15, 0.2) is 48.5 Å². The van der Waals surface area contributed by atoms with Gasteiger partial charge in [0.15, 0.2) is 0 Å².